The Bertz CT molecular complexity index is 872. The first-order valence-corrected chi connectivity index (χ1v) is 25.9. The van der Waals surface area contributed by atoms with Crippen molar-refractivity contribution in [1.29, 1.82) is 0 Å². The van der Waals surface area contributed by atoms with Crippen molar-refractivity contribution in [1.82, 2.24) is 0 Å². The molecule has 0 aliphatic rings. The van der Waals surface area contributed by atoms with Gasteiger partial charge >= 0.3 is 17.9 Å². The summed E-state index contributed by atoms with van der Waals surface area (Å²) in [6.45, 7) is 9.02. The van der Waals surface area contributed by atoms with E-state index in [0.717, 1.165) is 63.7 Å². The maximum absolute atomic E-state index is 12.8. The highest BCUT2D eigenvalue weighted by atomic mass is 16.6. The molecular weight excluding hydrogens is 721 g/mol. The van der Waals surface area contributed by atoms with E-state index in [9.17, 15) is 14.4 Å². The minimum Gasteiger partial charge on any atom is -0.462 e. The van der Waals surface area contributed by atoms with Crippen LogP contribution < -0.4 is 0 Å². The lowest BCUT2D eigenvalue weighted by Crippen LogP contribution is -2.30. The zero-order valence-corrected chi connectivity index (χ0v) is 39.5. The van der Waals surface area contributed by atoms with Crippen LogP contribution in [0.4, 0.5) is 0 Å². The van der Waals surface area contributed by atoms with Gasteiger partial charge in [-0.2, -0.15) is 0 Å². The van der Waals surface area contributed by atoms with Gasteiger partial charge in [-0.15, -0.1) is 0 Å². The molecule has 1 atom stereocenters. The molecule has 0 spiro atoms. The number of ether oxygens (including phenoxy) is 3. The van der Waals surface area contributed by atoms with E-state index in [2.05, 4.69) is 27.7 Å². The van der Waals surface area contributed by atoms with Crippen LogP contribution in [-0.4, -0.2) is 37.2 Å². The van der Waals surface area contributed by atoms with Crippen LogP contribution in [0.25, 0.3) is 0 Å². The molecule has 58 heavy (non-hydrogen) atoms. The molecule has 0 aromatic rings. The lowest BCUT2D eigenvalue weighted by atomic mass is 10.0. The molecule has 0 aliphatic carbocycles. The molecule has 6 heteroatoms. The zero-order chi connectivity index (χ0) is 42.4. The van der Waals surface area contributed by atoms with Gasteiger partial charge in [0.25, 0.3) is 0 Å². The molecule has 0 rings (SSSR count). The first-order chi connectivity index (χ1) is 28.4. The first-order valence-electron chi connectivity index (χ1n) is 25.9. The number of hydrogen-bond donors (Lipinski definition) is 0. The quantitative estimate of drug-likeness (QED) is 0.0346. The molecular formula is C52H100O6. The Morgan fingerprint density at radius 3 is 0.845 bits per heavy atom. The lowest BCUT2D eigenvalue weighted by Gasteiger charge is -2.18. The molecule has 0 N–H and O–H groups in total. The van der Waals surface area contributed by atoms with E-state index in [1.807, 2.05) is 0 Å². The van der Waals surface area contributed by atoms with Gasteiger partial charge in [0.2, 0.25) is 0 Å². The topological polar surface area (TPSA) is 78.9 Å². The molecule has 0 aliphatic heterocycles. The fourth-order valence-corrected chi connectivity index (χ4v) is 7.86. The minimum atomic E-state index is -0.760. The molecule has 0 amide bonds. The van der Waals surface area contributed by atoms with Gasteiger partial charge < -0.3 is 14.2 Å². The van der Waals surface area contributed by atoms with E-state index < -0.39 is 6.10 Å². The first kappa shape index (κ1) is 56.4. The van der Waals surface area contributed by atoms with Crippen LogP contribution in [0.2, 0.25) is 0 Å². The zero-order valence-electron chi connectivity index (χ0n) is 39.5. The molecule has 0 aromatic heterocycles. The fourth-order valence-electron chi connectivity index (χ4n) is 7.86. The van der Waals surface area contributed by atoms with E-state index in [-0.39, 0.29) is 31.1 Å². The van der Waals surface area contributed by atoms with Gasteiger partial charge in [-0.25, -0.2) is 0 Å². The standard InChI is InChI=1S/C52H100O6/c1-5-7-9-11-13-15-17-19-24-28-32-36-40-44-51(54)57-47-49(46-56-50(53)43-39-35-31-27-23-18-16-14-12-10-8-6-2)58-52(55)45-41-37-33-29-25-21-20-22-26-30-34-38-42-48(3)4/h48-49H,5-47H2,1-4H3/t49-/m1/s1. The van der Waals surface area contributed by atoms with E-state index in [1.54, 1.807) is 0 Å². The summed E-state index contributed by atoms with van der Waals surface area (Å²) in [5.41, 5.74) is 0. The van der Waals surface area contributed by atoms with Gasteiger partial charge in [-0.05, 0) is 25.2 Å². The van der Waals surface area contributed by atoms with Crippen molar-refractivity contribution in [3.05, 3.63) is 0 Å². The lowest BCUT2D eigenvalue weighted by molar-refractivity contribution is -0.167. The summed E-state index contributed by atoms with van der Waals surface area (Å²) in [6.07, 6.45) is 47.9. The van der Waals surface area contributed by atoms with Crippen molar-refractivity contribution >= 4 is 17.9 Å². The number of rotatable bonds is 47. The van der Waals surface area contributed by atoms with Crippen LogP contribution in [-0.2, 0) is 28.6 Å². The summed E-state index contributed by atoms with van der Waals surface area (Å²) in [6, 6.07) is 0. The predicted molar refractivity (Wildman–Crippen MR) is 247 cm³/mol. The molecule has 0 fully saturated rings. The van der Waals surface area contributed by atoms with Crippen LogP contribution in [0.3, 0.4) is 0 Å². The molecule has 0 saturated heterocycles. The van der Waals surface area contributed by atoms with Crippen LogP contribution in [0.1, 0.15) is 291 Å². The van der Waals surface area contributed by atoms with Gasteiger partial charge in [-0.3, -0.25) is 14.4 Å². The average Bonchev–Trinajstić information content (AvgIpc) is 3.21. The van der Waals surface area contributed by atoms with Gasteiger partial charge in [-0.1, -0.05) is 252 Å². The largest absolute Gasteiger partial charge is 0.462 e. The van der Waals surface area contributed by atoms with Crippen molar-refractivity contribution in [2.45, 2.75) is 297 Å². The molecule has 344 valence electrons. The maximum atomic E-state index is 12.8. The van der Waals surface area contributed by atoms with E-state index in [4.69, 9.17) is 14.2 Å². The Hall–Kier alpha value is -1.59. The smallest absolute Gasteiger partial charge is 0.306 e. The Morgan fingerprint density at radius 1 is 0.328 bits per heavy atom. The van der Waals surface area contributed by atoms with Crippen molar-refractivity contribution in [2.24, 2.45) is 5.92 Å². The average molecular weight is 821 g/mol. The number of esters is 3. The summed E-state index contributed by atoms with van der Waals surface area (Å²) in [4.78, 5) is 37.9. The second kappa shape index (κ2) is 46.5. The predicted octanol–water partition coefficient (Wildman–Crippen LogP) is 16.7. The minimum absolute atomic E-state index is 0.0627. The van der Waals surface area contributed by atoms with Crippen LogP contribution in [0.5, 0.6) is 0 Å². The summed E-state index contributed by atoms with van der Waals surface area (Å²) in [5, 5.41) is 0. The summed E-state index contributed by atoms with van der Waals surface area (Å²) in [5.74, 6) is -0.0118. The summed E-state index contributed by atoms with van der Waals surface area (Å²) >= 11 is 0. The van der Waals surface area contributed by atoms with Crippen molar-refractivity contribution in [3.8, 4) is 0 Å². The van der Waals surface area contributed by atoms with Gasteiger partial charge in [0.15, 0.2) is 6.10 Å². The van der Waals surface area contributed by atoms with Gasteiger partial charge in [0.1, 0.15) is 13.2 Å². The Kier molecular flexibility index (Phi) is 45.2. The third-order valence-corrected chi connectivity index (χ3v) is 11.8. The number of hydrogen-bond acceptors (Lipinski definition) is 6. The third kappa shape index (κ3) is 45.5. The number of carbonyl (C=O) groups excluding carboxylic acids is 3. The van der Waals surface area contributed by atoms with Crippen molar-refractivity contribution in [3.63, 3.8) is 0 Å². The second-order valence-electron chi connectivity index (χ2n) is 18.3. The van der Waals surface area contributed by atoms with Crippen LogP contribution >= 0.6 is 0 Å². The Balaban J connectivity index is 4.31. The molecule has 0 unspecified atom stereocenters. The molecule has 0 bridgehead atoms. The van der Waals surface area contributed by atoms with Crippen molar-refractivity contribution in [2.75, 3.05) is 13.2 Å². The highest BCUT2D eigenvalue weighted by Gasteiger charge is 2.19. The van der Waals surface area contributed by atoms with Gasteiger partial charge in [0, 0.05) is 19.3 Å². The van der Waals surface area contributed by atoms with Crippen molar-refractivity contribution < 1.29 is 28.6 Å². The fraction of sp³-hybridized carbons (Fsp3) is 0.942. The second-order valence-corrected chi connectivity index (χ2v) is 18.3. The van der Waals surface area contributed by atoms with E-state index in [0.29, 0.717) is 19.3 Å². The highest BCUT2D eigenvalue weighted by Crippen LogP contribution is 2.17. The summed E-state index contributed by atoms with van der Waals surface area (Å²) in [7, 11) is 0. The number of unbranched alkanes of at least 4 members (excludes halogenated alkanes) is 34. The van der Waals surface area contributed by atoms with Crippen LogP contribution in [0, 0.1) is 5.92 Å². The Morgan fingerprint density at radius 2 is 0.569 bits per heavy atom. The summed E-state index contributed by atoms with van der Waals surface area (Å²) < 4.78 is 16.8. The van der Waals surface area contributed by atoms with Crippen LogP contribution in [0.15, 0.2) is 0 Å². The molecule has 0 saturated carbocycles. The molecule has 6 nitrogen and oxygen atoms in total. The normalized spacial score (nSPS) is 11.9. The SMILES string of the molecule is CCCCCCCCCCCCCCCC(=O)OC[C@@H](COC(=O)CCCCCCCCCCCCCC)OC(=O)CCCCCCCCCCCCCCC(C)C. The Labute approximate surface area is 361 Å². The highest BCUT2D eigenvalue weighted by molar-refractivity contribution is 5.71. The number of carbonyl (C=O) groups is 3. The maximum Gasteiger partial charge on any atom is 0.306 e. The third-order valence-electron chi connectivity index (χ3n) is 11.8. The van der Waals surface area contributed by atoms with E-state index >= 15 is 0 Å². The molecule has 0 heterocycles. The van der Waals surface area contributed by atoms with Gasteiger partial charge in [0.05, 0.1) is 0 Å². The molecule has 0 radical (unpaired) electrons. The monoisotopic (exact) mass is 821 g/mol. The molecule has 0 aromatic carbocycles. The van der Waals surface area contributed by atoms with E-state index in [1.165, 1.54) is 186 Å².